The summed E-state index contributed by atoms with van der Waals surface area (Å²) in [5.74, 6) is 1.37. The van der Waals surface area contributed by atoms with Crippen LogP contribution in [0.25, 0.3) is 0 Å². The smallest absolute Gasteiger partial charge is 0.243 e. The highest BCUT2D eigenvalue weighted by atomic mass is 16.2. The van der Waals surface area contributed by atoms with Crippen molar-refractivity contribution in [3.05, 3.63) is 12.7 Å². The number of nitrogens with zero attached hydrogens (tertiary/aromatic N) is 2. The van der Waals surface area contributed by atoms with E-state index in [-0.39, 0.29) is 12.5 Å². The molecule has 5 nitrogen and oxygen atoms in total. The van der Waals surface area contributed by atoms with Gasteiger partial charge in [-0.1, -0.05) is 13.0 Å². The number of rotatable bonds is 5. The first-order chi connectivity index (χ1) is 8.04. The van der Waals surface area contributed by atoms with E-state index in [4.69, 9.17) is 0 Å². The predicted molar refractivity (Wildman–Crippen MR) is 69.9 cm³/mol. The van der Waals surface area contributed by atoms with Crippen LogP contribution in [0, 0.1) is 5.92 Å². The molecule has 5 heteroatoms. The Morgan fingerprint density at radius 3 is 2.71 bits per heavy atom. The Kier molecular flexibility index (Phi) is 5.00. The maximum atomic E-state index is 11.4. The fourth-order valence-corrected chi connectivity index (χ4v) is 1.31. The van der Waals surface area contributed by atoms with Gasteiger partial charge in [-0.15, -0.1) is 6.58 Å². The fraction of sp³-hybridized carbons (Fsp3) is 0.667. The number of hydrogen-bond donors (Lipinski definition) is 2. The van der Waals surface area contributed by atoms with E-state index in [1.165, 1.54) is 4.90 Å². The van der Waals surface area contributed by atoms with Crippen LogP contribution < -0.4 is 10.6 Å². The van der Waals surface area contributed by atoms with Gasteiger partial charge in [0.05, 0.1) is 0 Å². The van der Waals surface area contributed by atoms with E-state index in [2.05, 4.69) is 29.1 Å². The minimum Gasteiger partial charge on any atom is -0.353 e. The summed E-state index contributed by atoms with van der Waals surface area (Å²) in [7, 11) is 3.45. The van der Waals surface area contributed by atoms with E-state index < -0.39 is 0 Å². The first-order valence-electron chi connectivity index (χ1n) is 5.90. The first-order valence-corrected chi connectivity index (χ1v) is 5.90. The molecule has 1 aliphatic carbocycles. The third kappa shape index (κ3) is 4.89. The number of hydrogen-bond acceptors (Lipinski definition) is 2. The molecule has 0 saturated heterocycles. The average Bonchev–Trinajstić information content (AvgIpc) is 2.97. The second-order valence-corrected chi connectivity index (χ2v) is 4.59. The molecule has 0 aliphatic heterocycles. The lowest BCUT2D eigenvalue weighted by atomic mass is 10.5. The molecule has 0 heterocycles. The van der Waals surface area contributed by atoms with Crippen molar-refractivity contribution in [2.75, 3.05) is 27.2 Å². The van der Waals surface area contributed by atoms with Crippen LogP contribution in [-0.4, -0.2) is 50.0 Å². The highest BCUT2D eigenvalue weighted by Gasteiger charge is 2.33. The monoisotopic (exact) mass is 238 g/mol. The minimum absolute atomic E-state index is 0.00597. The molecule has 0 radical (unpaired) electrons. The van der Waals surface area contributed by atoms with Gasteiger partial charge in [0.15, 0.2) is 5.96 Å². The highest BCUT2D eigenvalue weighted by molar-refractivity contribution is 5.85. The summed E-state index contributed by atoms with van der Waals surface area (Å²) in [6.45, 7) is 6.64. The van der Waals surface area contributed by atoms with Gasteiger partial charge in [0.1, 0.15) is 6.54 Å². The van der Waals surface area contributed by atoms with Crippen LogP contribution in [0.3, 0.4) is 0 Å². The normalized spacial score (nSPS) is 22.9. The molecule has 0 spiro atoms. The number of aliphatic imine (C=N–C) groups is 1. The van der Waals surface area contributed by atoms with Crippen molar-refractivity contribution in [2.24, 2.45) is 10.9 Å². The number of likely N-dealkylation sites (N-methyl/N-ethyl adjacent to an activating group) is 1. The number of guanidine groups is 1. The fourth-order valence-electron chi connectivity index (χ4n) is 1.31. The molecule has 2 atom stereocenters. The lowest BCUT2D eigenvalue weighted by Gasteiger charge is -2.12. The molecule has 2 N–H and O–H groups in total. The Balaban J connectivity index is 2.45. The Morgan fingerprint density at radius 1 is 1.59 bits per heavy atom. The molecule has 1 saturated carbocycles. The summed E-state index contributed by atoms with van der Waals surface area (Å²) in [4.78, 5) is 17.2. The summed E-state index contributed by atoms with van der Waals surface area (Å²) in [5, 5.41) is 6.40. The number of carbonyl (C=O) groups excluding carboxylic acids is 1. The van der Waals surface area contributed by atoms with Crippen molar-refractivity contribution < 1.29 is 4.79 Å². The van der Waals surface area contributed by atoms with Crippen LogP contribution in [-0.2, 0) is 4.79 Å². The maximum absolute atomic E-state index is 11.4. The second-order valence-electron chi connectivity index (χ2n) is 4.59. The zero-order valence-corrected chi connectivity index (χ0v) is 10.9. The van der Waals surface area contributed by atoms with Gasteiger partial charge in [0.25, 0.3) is 0 Å². The van der Waals surface area contributed by atoms with Gasteiger partial charge in [-0.05, 0) is 12.3 Å². The van der Waals surface area contributed by atoms with Gasteiger partial charge >= 0.3 is 0 Å². The van der Waals surface area contributed by atoms with Crippen molar-refractivity contribution in [2.45, 2.75) is 19.4 Å². The zero-order valence-electron chi connectivity index (χ0n) is 10.9. The van der Waals surface area contributed by atoms with Gasteiger partial charge in [-0.3, -0.25) is 4.79 Å². The Hall–Kier alpha value is -1.52. The molecule has 0 bridgehead atoms. The van der Waals surface area contributed by atoms with Crippen molar-refractivity contribution in [3.8, 4) is 0 Å². The van der Waals surface area contributed by atoms with Gasteiger partial charge in [-0.2, -0.15) is 0 Å². The molecule has 96 valence electrons. The van der Waals surface area contributed by atoms with Crippen molar-refractivity contribution in [1.29, 1.82) is 0 Å². The molecule has 1 amide bonds. The highest BCUT2D eigenvalue weighted by Crippen LogP contribution is 2.28. The summed E-state index contributed by atoms with van der Waals surface area (Å²) < 4.78 is 0. The van der Waals surface area contributed by atoms with E-state index in [0.29, 0.717) is 24.5 Å². The van der Waals surface area contributed by atoms with Crippen LogP contribution in [0.5, 0.6) is 0 Å². The summed E-state index contributed by atoms with van der Waals surface area (Å²) in [6, 6.07) is 0.487. The lowest BCUT2D eigenvalue weighted by Crippen LogP contribution is -2.40. The van der Waals surface area contributed by atoms with Crippen LogP contribution >= 0.6 is 0 Å². The SMILES string of the molecule is C=CCNC(=NCC(=O)N(C)C)NC1CC1C. The van der Waals surface area contributed by atoms with Crippen LogP contribution in [0.15, 0.2) is 17.6 Å². The largest absolute Gasteiger partial charge is 0.353 e. The van der Waals surface area contributed by atoms with Crippen LogP contribution in [0.2, 0.25) is 0 Å². The minimum atomic E-state index is -0.00597. The molecule has 0 aromatic rings. The quantitative estimate of drug-likeness (QED) is 0.409. The Bertz CT molecular complexity index is 312. The zero-order chi connectivity index (χ0) is 12.8. The summed E-state index contributed by atoms with van der Waals surface area (Å²) >= 11 is 0. The summed E-state index contributed by atoms with van der Waals surface area (Å²) in [6.07, 6.45) is 2.93. The van der Waals surface area contributed by atoms with Gasteiger partial charge in [0, 0.05) is 26.7 Å². The molecule has 1 rings (SSSR count). The first kappa shape index (κ1) is 13.5. The van der Waals surface area contributed by atoms with Crippen molar-refractivity contribution in [3.63, 3.8) is 0 Å². The number of nitrogens with one attached hydrogen (secondary N) is 2. The van der Waals surface area contributed by atoms with Gasteiger partial charge < -0.3 is 15.5 Å². The molecule has 1 aliphatic rings. The standard InChI is InChI=1S/C12H22N4O/c1-5-6-13-12(15-10-7-9(10)2)14-8-11(17)16(3)4/h5,9-10H,1,6-8H2,2-4H3,(H2,13,14,15). The second kappa shape index (κ2) is 6.27. The van der Waals surface area contributed by atoms with Crippen molar-refractivity contribution in [1.82, 2.24) is 15.5 Å². The Labute approximate surface area is 103 Å². The van der Waals surface area contributed by atoms with Gasteiger partial charge in [0.2, 0.25) is 5.91 Å². The molecule has 2 unspecified atom stereocenters. The van der Waals surface area contributed by atoms with Crippen LogP contribution in [0.4, 0.5) is 0 Å². The van der Waals surface area contributed by atoms with E-state index in [1.807, 2.05) is 0 Å². The molecule has 0 aromatic carbocycles. The van der Waals surface area contributed by atoms with Crippen molar-refractivity contribution >= 4 is 11.9 Å². The predicted octanol–water partition coefficient (Wildman–Crippen LogP) is 0.204. The lowest BCUT2D eigenvalue weighted by molar-refractivity contribution is -0.127. The van der Waals surface area contributed by atoms with E-state index >= 15 is 0 Å². The molecular weight excluding hydrogens is 216 g/mol. The topological polar surface area (TPSA) is 56.7 Å². The third-order valence-electron chi connectivity index (χ3n) is 2.72. The molecule has 1 fully saturated rings. The van der Waals surface area contributed by atoms with E-state index in [9.17, 15) is 4.79 Å². The van der Waals surface area contributed by atoms with Gasteiger partial charge in [-0.25, -0.2) is 4.99 Å². The molecule has 0 aromatic heterocycles. The Morgan fingerprint density at radius 2 is 2.24 bits per heavy atom. The molecule has 17 heavy (non-hydrogen) atoms. The molecular formula is C12H22N4O. The van der Waals surface area contributed by atoms with Crippen LogP contribution in [0.1, 0.15) is 13.3 Å². The third-order valence-corrected chi connectivity index (χ3v) is 2.72. The number of amides is 1. The van der Waals surface area contributed by atoms with E-state index in [1.54, 1.807) is 20.2 Å². The maximum Gasteiger partial charge on any atom is 0.243 e. The van der Waals surface area contributed by atoms with E-state index in [0.717, 1.165) is 6.42 Å². The summed E-state index contributed by atoms with van der Waals surface area (Å²) in [5.41, 5.74) is 0. The number of carbonyl (C=O) groups is 1. The average molecular weight is 238 g/mol.